The predicted molar refractivity (Wildman–Crippen MR) is 68.5 cm³/mol. The number of thiophene rings is 1. The van der Waals surface area contributed by atoms with E-state index in [4.69, 9.17) is 15.6 Å². The Kier molecular flexibility index (Phi) is 3.11. The first-order valence-electron chi connectivity index (χ1n) is 5.73. The van der Waals surface area contributed by atoms with Crippen LogP contribution in [0.25, 0.3) is 10.9 Å². The Labute approximate surface area is 112 Å². The van der Waals surface area contributed by atoms with E-state index in [9.17, 15) is 10.2 Å². The second-order valence-corrected chi connectivity index (χ2v) is 5.29. The number of nitrogen functional groups attached to an aromatic ring is 1. The van der Waals surface area contributed by atoms with Crippen LogP contribution in [0, 0.1) is 0 Å². The fourth-order valence-electron chi connectivity index (χ4n) is 2.22. The zero-order valence-corrected chi connectivity index (χ0v) is 10.6. The summed E-state index contributed by atoms with van der Waals surface area (Å²) in [7, 11) is 0. The van der Waals surface area contributed by atoms with Crippen LogP contribution in [0.5, 0.6) is 0 Å². The number of ether oxygens (including phenoxy) is 1. The second-order valence-electron chi connectivity index (χ2n) is 4.38. The van der Waals surface area contributed by atoms with Gasteiger partial charge in [0.05, 0.1) is 22.4 Å². The molecule has 0 radical (unpaired) electrons. The summed E-state index contributed by atoms with van der Waals surface area (Å²) in [4.78, 5) is 8.71. The van der Waals surface area contributed by atoms with E-state index in [1.165, 1.54) is 17.7 Å². The molecule has 1 saturated heterocycles. The van der Waals surface area contributed by atoms with Gasteiger partial charge in [0.1, 0.15) is 36.6 Å². The van der Waals surface area contributed by atoms with Crippen LogP contribution >= 0.6 is 11.3 Å². The van der Waals surface area contributed by atoms with Crippen molar-refractivity contribution in [2.75, 3.05) is 12.3 Å². The van der Waals surface area contributed by atoms with Crippen molar-refractivity contribution in [2.24, 2.45) is 0 Å². The summed E-state index contributed by atoms with van der Waals surface area (Å²) < 4.78 is 5.49. The van der Waals surface area contributed by atoms with E-state index in [0.717, 1.165) is 0 Å². The molecule has 0 bridgehead atoms. The average Bonchev–Trinajstić information content (AvgIpc) is 2.94. The van der Waals surface area contributed by atoms with Gasteiger partial charge in [-0.15, -0.1) is 11.3 Å². The minimum absolute atomic E-state index is 0.352. The van der Waals surface area contributed by atoms with Crippen molar-refractivity contribution in [2.45, 2.75) is 24.4 Å². The highest BCUT2D eigenvalue weighted by atomic mass is 32.1. The van der Waals surface area contributed by atoms with Crippen molar-refractivity contribution in [1.82, 2.24) is 9.97 Å². The fraction of sp³-hybridized carbons (Fsp3) is 0.455. The average molecular weight is 283 g/mol. The molecule has 1 aliphatic rings. The van der Waals surface area contributed by atoms with Gasteiger partial charge in [0.15, 0.2) is 0 Å². The number of nitrogens with zero attached hydrogens (tertiary/aromatic N) is 2. The molecule has 19 heavy (non-hydrogen) atoms. The lowest BCUT2D eigenvalue weighted by molar-refractivity contribution is -0.0214. The van der Waals surface area contributed by atoms with Crippen molar-refractivity contribution < 1.29 is 20.1 Å². The van der Waals surface area contributed by atoms with Crippen LogP contribution < -0.4 is 5.73 Å². The van der Waals surface area contributed by atoms with E-state index in [1.807, 2.05) is 0 Å². The van der Waals surface area contributed by atoms with Gasteiger partial charge in [0.2, 0.25) is 0 Å². The molecule has 8 heteroatoms. The molecule has 3 rings (SSSR count). The van der Waals surface area contributed by atoms with Crippen molar-refractivity contribution >= 4 is 28.1 Å². The minimum Gasteiger partial charge on any atom is -0.394 e. The van der Waals surface area contributed by atoms with E-state index in [0.29, 0.717) is 21.6 Å². The number of hydrogen-bond acceptors (Lipinski definition) is 8. The van der Waals surface area contributed by atoms with Gasteiger partial charge in [-0.2, -0.15) is 0 Å². The fourth-order valence-corrected chi connectivity index (χ4v) is 3.30. The Morgan fingerprint density at radius 2 is 2.11 bits per heavy atom. The molecule has 2 aromatic rings. The maximum atomic E-state index is 10.0. The van der Waals surface area contributed by atoms with E-state index >= 15 is 0 Å². The lowest BCUT2D eigenvalue weighted by atomic mass is 10.1. The molecular formula is C11H13N3O4S. The topological polar surface area (TPSA) is 122 Å². The Hall–Kier alpha value is -1.32. The summed E-state index contributed by atoms with van der Waals surface area (Å²) in [6.07, 6.45) is -2.39. The molecule has 0 spiro atoms. The van der Waals surface area contributed by atoms with Crippen LogP contribution in [-0.4, -0.2) is 50.2 Å². The predicted octanol–water partition coefficient (Wildman–Crippen LogP) is -0.573. The first-order valence-corrected chi connectivity index (χ1v) is 6.61. The molecule has 1 aliphatic heterocycles. The van der Waals surface area contributed by atoms with Crippen LogP contribution in [0.4, 0.5) is 5.82 Å². The summed E-state index contributed by atoms with van der Waals surface area (Å²) in [6, 6.07) is 0. The Morgan fingerprint density at radius 3 is 2.79 bits per heavy atom. The van der Waals surface area contributed by atoms with E-state index in [1.54, 1.807) is 5.38 Å². The minimum atomic E-state index is -1.12. The third-order valence-corrected chi connectivity index (χ3v) is 4.29. The van der Waals surface area contributed by atoms with Gasteiger partial charge in [-0.3, -0.25) is 0 Å². The Bertz CT molecular complexity index is 605. The second kappa shape index (κ2) is 4.66. The highest BCUT2D eigenvalue weighted by Gasteiger charge is 2.44. The molecule has 4 atom stereocenters. The number of nitrogens with two attached hydrogens (primary N) is 1. The molecule has 3 heterocycles. The number of hydrogen-bond donors (Lipinski definition) is 4. The summed E-state index contributed by atoms with van der Waals surface area (Å²) in [5.74, 6) is 0.360. The molecule has 2 aromatic heterocycles. The first kappa shape index (κ1) is 12.7. The van der Waals surface area contributed by atoms with Crippen LogP contribution in [-0.2, 0) is 4.74 Å². The van der Waals surface area contributed by atoms with Crippen LogP contribution in [0.3, 0.4) is 0 Å². The number of aliphatic hydroxyl groups excluding tert-OH is 3. The summed E-state index contributed by atoms with van der Waals surface area (Å²) in [5, 5.41) is 31.3. The Balaban J connectivity index is 2.04. The number of anilines is 1. The molecule has 0 unspecified atom stereocenters. The monoisotopic (exact) mass is 283 g/mol. The maximum Gasteiger partial charge on any atom is 0.135 e. The van der Waals surface area contributed by atoms with Crippen LogP contribution in [0.1, 0.15) is 11.0 Å². The molecule has 0 amide bonds. The lowest BCUT2D eigenvalue weighted by Gasteiger charge is -2.13. The van der Waals surface area contributed by atoms with Gasteiger partial charge in [-0.25, -0.2) is 9.97 Å². The molecule has 5 N–H and O–H groups in total. The number of rotatable bonds is 2. The quantitative estimate of drug-likeness (QED) is 0.582. The zero-order chi connectivity index (χ0) is 13.6. The van der Waals surface area contributed by atoms with Crippen molar-refractivity contribution in [3.05, 3.63) is 16.6 Å². The highest BCUT2D eigenvalue weighted by Crippen LogP contribution is 2.40. The van der Waals surface area contributed by atoms with Gasteiger partial charge in [-0.1, -0.05) is 0 Å². The van der Waals surface area contributed by atoms with Gasteiger partial charge in [0.25, 0.3) is 0 Å². The van der Waals surface area contributed by atoms with Gasteiger partial charge >= 0.3 is 0 Å². The summed E-state index contributed by atoms with van der Waals surface area (Å²) in [6.45, 7) is -0.352. The smallest absolute Gasteiger partial charge is 0.135 e. The third-order valence-electron chi connectivity index (χ3n) is 3.25. The van der Waals surface area contributed by atoms with Crippen molar-refractivity contribution in [1.29, 1.82) is 0 Å². The van der Waals surface area contributed by atoms with Gasteiger partial charge in [-0.05, 0) is 0 Å². The van der Waals surface area contributed by atoms with Crippen LogP contribution in [0.2, 0.25) is 0 Å². The molecule has 1 fully saturated rings. The number of fused-ring (bicyclic) bond motifs is 1. The first-order chi connectivity index (χ1) is 9.13. The SMILES string of the molecule is Nc1ncnc2c([C@@H]3O[C@H](CO)[C@@H](O)[C@H]3O)scc12. The maximum absolute atomic E-state index is 10.0. The van der Waals surface area contributed by atoms with Crippen LogP contribution in [0.15, 0.2) is 11.7 Å². The largest absolute Gasteiger partial charge is 0.394 e. The molecular weight excluding hydrogens is 270 g/mol. The molecule has 0 aliphatic carbocycles. The van der Waals surface area contributed by atoms with E-state index in [2.05, 4.69) is 9.97 Å². The summed E-state index contributed by atoms with van der Waals surface area (Å²) >= 11 is 1.33. The molecule has 7 nitrogen and oxygen atoms in total. The molecule has 0 saturated carbocycles. The van der Waals surface area contributed by atoms with Crippen molar-refractivity contribution in [3.8, 4) is 0 Å². The molecule has 0 aromatic carbocycles. The standard InChI is InChI=1S/C11H13N3O4S/c12-11-4-2-19-10(6(4)13-3-14-11)9-8(17)7(16)5(1-15)18-9/h2-3,5,7-9,15-17H,1H2,(H2,12,13,14)/t5-,7-,8-,9-/m1/s1. The van der Waals surface area contributed by atoms with Gasteiger partial charge in [0, 0.05) is 5.38 Å². The Morgan fingerprint density at radius 1 is 1.32 bits per heavy atom. The van der Waals surface area contributed by atoms with E-state index < -0.39 is 24.4 Å². The van der Waals surface area contributed by atoms with E-state index in [-0.39, 0.29) is 6.61 Å². The third kappa shape index (κ3) is 1.88. The number of aliphatic hydroxyl groups is 3. The zero-order valence-electron chi connectivity index (χ0n) is 9.80. The normalized spacial score (nSPS) is 31.1. The van der Waals surface area contributed by atoms with Gasteiger partial charge < -0.3 is 25.8 Å². The van der Waals surface area contributed by atoms with Crippen molar-refractivity contribution in [3.63, 3.8) is 0 Å². The summed E-state index contributed by atoms with van der Waals surface area (Å²) in [5.41, 5.74) is 6.35. The number of aromatic nitrogens is 2. The lowest BCUT2D eigenvalue weighted by Crippen LogP contribution is -2.32. The highest BCUT2D eigenvalue weighted by molar-refractivity contribution is 7.11. The molecule has 102 valence electrons.